The van der Waals surface area contributed by atoms with Crippen molar-refractivity contribution in [3.05, 3.63) is 36.4 Å². The minimum absolute atomic E-state index is 0.152. The predicted octanol–water partition coefficient (Wildman–Crippen LogP) is 0.991. The highest BCUT2D eigenvalue weighted by Crippen LogP contribution is 2.41. The minimum atomic E-state index is -6.29. The fourth-order valence-electron chi connectivity index (χ4n) is 3.44. The van der Waals surface area contributed by atoms with Crippen LogP contribution in [0.2, 0.25) is 0 Å². The molecule has 0 aromatic carbocycles. The third kappa shape index (κ3) is 4.73. The zero-order valence-corrected chi connectivity index (χ0v) is 19.8. The lowest BCUT2D eigenvalue weighted by molar-refractivity contribution is -0.678. The second kappa shape index (κ2) is 8.24. The molecule has 10 nitrogen and oxygen atoms in total. The normalized spacial score (nSPS) is 15.5. The van der Waals surface area contributed by atoms with Gasteiger partial charge >= 0.3 is 0 Å². The molecule has 0 saturated carbocycles. The summed E-state index contributed by atoms with van der Waals surface area (Å²) in [6, 6.07) is 0. The molecule has 0 atom stereocenters. The van der Waals surface area contributed by atoms with E-state index in [-0.39, 0.29) is 12.8 Å². The molecule has 0 bridgehead atoms. The maximum absolute atomic E-state index is 13.0. The Kier molecular flexibility index (Phi) is 6.82. The average molecular weight is 469 g/mol. The third-order valence-corrected chi connectivity index (χ3v) is 13.7. The van der Waals surface area contributed by atoms with Crippen LogP contribution in [0.3, 0.4) is 0 Å². The highest BCUT2D eigenvalue weighted by atomic mass is 33.3. The van der Waals surface area contributed by atoms with Gasteiger partial charge in [-0.15, -0.1) is 0 Å². The largest absolute Gasteiger partial charge is 0.297 e. The van der Waals surface area contributed by atoms with Gasteiger partial charge in [-0.1, -0.05) is 13.3 Å². The molecule has 0 radical (unpaired) electrons. The number of unbranched alkanes of at least 4 members (excludes halogenated alkanes) is 1. The van der Waals surface area contributed by atoms with Gasteiger partial charge in [0.2, 0.25) is 0 Å². The van der Waals surface area contributed by atoms with Crippen LogP contribution in [0, 0.1) is 0 Å². The van der Waals surface area contributed by atoms with E-state index in [9.17, 15) is 26.6 Å². The smallest absolute Gasteiger partial charge is 0.257 e. The maximum Gasteiger partial charge on any atom is 0.257 e. The summed E-state index contributed by atoms with van der Waals surface area (Å²) in [5.74, 6) is -0.696. The highest BCUT2D eigenvalue weighted by Gasteiger charge is 2.57. The summed E-state index contributed by atoms with van der Waals surface area (Å²) in [5.41, 5.74) is 0. The van der Waals surface area contributed by atoms with Crippen molar-refractivity contribution in [1.82, 2.24) is 9.13 Å². The lowest BCUT2D eigenvalue weighted by atomic mass is 10.3. The molecule has 0 amide bonds. The average Bonchev–Trinajstić information content (AvgIpc) is 3.17. The Morgan fingerprint density at radius 3 is 1.70 bits per heavy atom. The molecule has 2 rings (SSSR count). The molecule has 0 unspecified atom stereocenters. The van der Waals surface area contributed by atoms with Crippen molar-refractivity contribution in [1.29, 1.82) is 0 Å². The van der Waals surface area contributed by atoms with Crippen LogP contribution in [-0.2, 0) is 57.3 Å². The van der Waals surface area contributed by atoms with E-state index in [1.807, 2.05) is 24.6 Å². The summed E-state index contributed by atoms with van der Waals surface area (Å²) >= 11 is 0. The summed E-state index contributed by atoms with van der Waals surface area (Å²) in [6.07, 6.45) is 8.62. The second-order valence-electron chi connectivity index (χ2n) is 7.78. The number of imidazole rings is 2. The molecule has 12 heteroatoms. The van der Waals surface area contributed by atoms with Gasteiger partial charge in [-0.25, -0.2) is 26.7 Å². The molecular weight excluding hydrogens is 432 g/mol. The van der Waals surface area contributed by atoms with E-state index in [1.165, 1.54) is 0 Å². The fourth-order valence-corrected chi connectivity index (χ4v) is 7.68. The van der Waals surface area contributed by atoms with Gasteiger partial charge in [0.15, 0.2) is 17.3 Å². The van der Waals surface area contributed by atoms with Gasteiger partial charge in [0.25, 0.3) is 11.6 Å². The number of aryl methyl sites for hydroxylation is 4. The summed E-state index contributed by atoms with van der Waals surface area (Å²) < 4.78 is 74.8. The Labute approximate surface area is 177 Å². The molecule has 2 heterocycles. The van der Waals surface area contributed by atoms with E-state index in [0.717, 1.165) is 12.8 Å². The highest BCUT2D eigenvalue weighted by molar-refractivity contribution is 8.85. The molecule has 2 aromatic rings. The van der Waals surface area contributed by atoms with Gasteiger partial charge in [-0.05, 0) is 13.3 Å². The molecule has 0 aliphatic rings. The molecule has 4 N–H and O–H groups in total. The van der Waals surface area contributed by atoms with Crippen LogP contribution < -0.4 is 9.13 Å². The van der Waals surface area contributed by atoms with Crippen molar-refractivity contribution in [2.24, 2.45) is 14.1 Å². The van der Waals surface area contributed by atoms with E-state index in [4.69, 9.17) is 0 Å². The minimum Gasteiger partial charge on any atom is -0.297 e. The molecule has 0 fully saturated rings. The van der Waals surface area contributed by atoms with Crippen LogP contribution in [-0.4, -0.2) is 47.3 Å². The van der Waals surface area contributed by atoms with Crippen LogP contribution in [0.15, 0.2) is 24.8 Å². The first kappa shape index (κ1) is 24.8. The van der Waals surface area contributed by atoms with Gasteiger partial charge < -0.3 is 0 Å². The monoisotopic (exact) mass is 468 g/mol. The first-order valence-electron chi connectivity index (χ1n) is 10.0. The summed E-state index contributed by atoms with van der Waals surface area (Å²) in [6.45, 7) is 5.19. The van der Waals surface area contributed by atoms with Crippen LogP contribution in [0.4, 0.5) is 0 Å². The predicted molar refractivity (Wildman–Crippen MR) is 116 cm³/mol. The molecular formula is C18H36N4O6S2+2. The van der Waals surface area contributed by atoms with Gasteiger partial charge in [0, 0.05) is 0 Å². The molecule has 0 aliphatic heterocycles. The number of rotatable bonds is 11. The summed E-state index contributed by atoms with van der Waals surface area (Å²) in [7, 11) is -9.11. The van der Waals surface area contributed by atoms with Crippen molar-refractivity contribution in [3.8, 4) is 0 Å². The quantitative estimate of drug-likeness (QED) is 0.287. The van der Waals surface area contributed by atoms with Gasteiger partial charge in [-0.2, -0.15) is 0 Å². The van der Waals surface area contributed by atoms with E-state index in [1.54, 1.807) is 46.4 Å². The molecule has 0 spiro atoms. The van der Waals surface area contributed by atoms with Gasteiger partial charge in [-0.3, -0.25) is 18.2 Å². The summed E-state index contributed by atoms with van der Waals surface area (Å²) in [5, 5.41) is 0. The van der Waals surface area contributed by atoms with Gasteiger partial charge in [0.05, 0.1) is 51.5 Å². The van der Waals surface area contributed by atoms with E-state index in [2.05, 4.69) is 0 Å². The molecule has 174 valence electrons. The van der Waals surface area contributed by atoms with Crippen LogP contribution in [0.1, 0.15) is 38.3 Å². The van der Waals surface area contributed by atoms with Crippen molar-refractivity contribution in [3.63, 3.8) is 0 Å². The Morgan fingerprint density at radius 2 is 1.27 bits per heavy atom. The second-order valence-corrected chi connectivity index (χ2v) is 16.4. The number of hydrogen-bond donors (Lipinski definition) is 4. The van der Waals surface area contributed by atoms with E-state index >= 15 is 0 Å². The first-order valence-corrected chi connectivity index (χ1v) is 14.7. The Balaban J connectivity index is 2.25. The Morgan fingerprint density at radius 1 is 0.833 bits per heavy atom. The van der Waals surface area contributed by atoms with E-state index in [0.29, 0.717) is 24.7 Å². The van der Waals surface area contributed by atoms with Gasteiger partial charge in [0.1, 0.15) is 24.8 Å². The number of aromatic nitrogens is 4. The maximum atomic E-state index is 13.0. The lowest BCUT2D eigenvalue weighted by Gasteiger charge is -2.46. The Hall–Kier alpha value is -1.44. The molecule has 0 aliphatic carbocycles. The number of nitrogens with zero attached hydrogens (tertiary/aromatic N) is 4. The fraction of sp³-hybridized carbons (Fsp3) is 0.667. The summed E-state index contributed by atoms with van der Waals surface area (Å²) in [4.78, 5) is 0. The standard InChI is InChI=1S/C18H34N4O6S2/c1-5-7-10-22-14-12-20(4)18(22)9-16-30(26,27,28)29(23,24,25)15-8-17-19(3)11-13-21(17)6-2/h11-14H,5-10,15-16H2,1-4H3,(H2-2,23,24,25,26,27,28)/p+2. The third-order valence-electron chi connectivity index (χ3n) is 5.53. The zero-order valence-electron chi connectivity index (χ0n) is 18.2. The van der Waals surface area contributed by atoms with Crippen molar-refractivity contribution >= 4 is 17.3 Å². The Bertz CT molecular complexity index is 1030. The van der Waals surface area contributed by atoms with E-state index < -0.39 is 28.8 Å². The SMILES string of the molecule is CCCCn1cc[n+](C)c1CCS(=O)(O)(O)S(=O)(O)(O)CCc1n(CC)cc[n+]1C. The first-order chi connectivity index (χ1) is 13.7. The van der Waals surface area contributed by atoms with Crippen molar-refractivity contribution in [2.45, 2.75) is 52.6 Å². The van der Waals surface area contributed by atoms with Crippen molar-refractivity contribution < 1.29 is 35.8 Å². The van der Waals surface area contributed by atoms with Crippen LogP contribution >= 0.6 is 0 Å². The van der Waals surface area contributed by atoms with Crippen LogP contribution in [0.5, 0.6) is 0 Å². The zero-order chi connectivity index (χ0) is 22.8. The molecule has 30 heavy (non-hydrogen) atoms. The molecule has 0 saturated heterocycles. The van der Waals surface area contributed by atoms with Crippen LogP contribution in [0.25, 0.3) is 0 Å². The lowest BCUT2D eigenvalue weighted by Crippen LogP contribution is -2.61. The topological polar surface area (TPSA) is 133 Å². The van der Waals surface area contributed by atoms with Crippen molar-refractivity contribution in [2.75, 3.05) is 11.5 Å². The number of hydrogen-bond acceptors (Lipinski definition) is 2. The molecule has 2 aromatic heterocycles.